The van der Waals surface area contributed by atoms with Crippen LogP contribution in [0.2, 0.25) is 0 Å². The fourth-order valence-electron chi connectivity index (χ4n) is 2.47. The van der Waals surface area contributed by atoms with E-state index in [1.165, 1.54) is 6.07 Å². The number of hydrogen-bond donors (Lipinski definition) is 1. The lowest BCUT2D eigenvalue weighted by atomic mass is 10.2. The van der Waals surface area contributed by atoms with Gasteiger partial charge in [0.25, 0.3) is 5.91 Å². The average molecular weight is 347 g/mol. The Balaban J connectivity index is 1.49. The quantitative estimate of drug-likeness (QED) is 0.603. The summed E-state index contributed by atoms with van der Waals surface area (Å²) in [6, 6.07) is 11.6. The summed E-state index contributed by atoms with van der Waals surface area (Å²) in [6.45, 7) is 0.148. The van der Waals surface area contributed by atoms with Crippen molar-refractivity contribution in [2.24, 2.45) is 0 Å². The summed E-state index contributed by atoms with van der Waals surface area (Å²) in [5.41, 5.74) is 1.43. The highest BCUT2D eigenvalue weighted by molar-refractivity contribution is 5.93. The number of pyridine rings is 1. The molecule has 0 unspecified atom stereocenters. The normalized spacial score (nSPS) is 10.8. The molecule has 4 aromatic rings. The molecule has 0 saturated heterocycles. The van der Waals surface area contributed by atoms with E-state index in [9.17, 15) is 9.59 Å². The van der Waals surface area contributed by atoms with Crippen LogP contribution < -0.4 is 10.7 Å². The number of benzene rings is 1. The molecule has 1 aromatic carbocycles. The zero-order chi connectivity index (χ0) is 17.9. The van der Waals surface area contributed by atoms with Crippen molar-refractivity contribution in [1.29, 1.82) is 0 Å². The fraction of sp³-hybridized carbons (Fsp3) is 0.0556. The van der Waals surface area contributed by atoms with Crippen LogP contribution in [0.4, 0.5) is 0 Å². The lowest BCUT2D eigenvalue weighted by Crippen LogP contribution is -2.24. The summed E-state index contributed by atoms with van der Waals surface area (Å²) in [4.78, 5) is 28.4. The number of carbonyl (C=O) groups is 1. The minimum absolute atomic E-state index is 0.0478. The molecule has 0 aliphatic heterocycles. The van der Waals surface area contributed by atoms with E-state index >= 15 is 0 Å². The van der Waals surface area contributed by atoms with E-state index in [1.54, 1.807) is 53.6 Å². The second kappa shape index (κ2) is 6.60. The van der Waals surface area contributed by atoms with Crippen LogP contribution in [0.25, 0.3) is 16.7 Å². The molecule has 3 aromatic heterocycles. The molecule has 0 bridgehead atoms. The summed E-state index contributed by atoms with van der Waals surface area (Å²) < 4.78 is 7.07. The molecule has 3 heterocycles. The predicted molar refractivity (Wildman–Crippen MR) is 92.8 cm³/mol. The van der Waals surface area contributed by atoms with E-state index in [4.69, 9.17) is 4.42 Å². The Labute approximate surface area is 147 Å². The van der Waals surface area contributed by atoms with Gasteiger partial charge >= 0.3 is 0 Å². The highest BCUT2D eigenvalue weighted by Gasteiger charge is 2.13. The highest BCUT2D eigenvalue weighted by Crippen LogP contribution is 2.11. The lowest BCUT2D eigenvalue weighted by molar-refractivity contribution is 0.0923. The molecule has 1 amide bonds. The van der Waals surface area contributed by atoms with Crippen molar-refractivity contribution in [3.05, 3.63) is 82.7 Å². The van der Waals surface area contributed by atoms with Gasteiger partial charge in [-0.05, 0) is 24.3 Å². The summed E-state index contributed by atoms with van der Waals surface area (Å²) >= 11 is 0. The van der Waals surface area contributed by atoms with Gasteiger partial charge in [0.05, 0.1) is 30.0 Å². The molecular formula is C18H13N5O3. The number of amides is 1. The Bertz CT molecular complexity index is 1130. The first-order valence-corrected chi connectivity index (χ1v) is 7.83. The van der Waals surface area contributed by atoms with Crippen LogP contribution in [-0.2, 0) is 6.54 Å². The van der Waals surface area contributed by atoms with Crippen LogP contribution >= 0.6 is 0 Å². The van der Waals surface area contributed by atoms with E-state index in [-0.39, 0.29) is 17.7 Å². The fourth-order valence-corrected chi connectivity index (χ4v) is 2.47. The third kappa shape index (κ3) is 3.07. The molecule has 128 valence electrons. The number of rotatable bonds is 4. The van der Waals surface area contributed by atoms with Gasteiger partial charge in [-0.1, -0.05) is 17.3 Å². The molecule has 8 heteroatoms. The molecule has 4 rings (SSSR count). The number of hydrogen-bond acceptors (Lipinski definition) is 6. The van der Waals surface area contributed by atoms with Crippen molar-refractivity contribution in [3.63, 3.8) is 0 Å². The third-order valence-corrected chi connectivity index (χ3v) is 3.74. The molecule has 26 heavy (non-hydrogen) atoms. The smallest absolute Gasteiger partial charge is 0.287 e. The van der Waals surface area contributed by atoms with E-state index < -0.39 is 5.91 Å². The predicted octanol–water partition coefficient (Wildman–Crippen LogP) is 1.70. The van der Waals surface area contributed by atoms with E-state index in [1.807, 2.05) is 6.07 Å². The van der Waals surface area contributed by atoms with Gasteiger partial charge in [-0.25, -0.2) is 4.68 Å². The average Bonchev–Trinajstić information content (AvgIpc) is 3.16. The number of nitrogens with zero attached hydrogens (tertiary/aromatic N) is 4. The zero-order valence-electron chi connectivity index (χ0n) is 13.5. The molecule has 0 saturated carbocycles. The van der Waals surface area contributed by atoms with Gasteiger partial charge in [0.2, 0.25) is 0 Å². The molecular weight excluding hydrogens is 334 g/mol. The number of nitrogens with one attached hydrogen (secondary N) is 1. The van der Waals surface area contributed by atoms with Crippen LogP contribution in [0.1, 0.15) is 16.2 Å². The molecule has 0 spiro atoms. The number of para-hydroxylation sites is 1. The number of fused-ring (bicyclic) bond motifs is 1. The van der Waals surface area contributed by atoms with Gasteiger partial charge in [0, 0.05) is 12.3 Å². The highest BCUT2D eigenvalue weighted by atomic mass is 16.3. The van der Waals surface area contributed by atoms with Crippen LogP contribution in [-0.4, -0.2) is 25.9 Å². The number of aromatic nitrogens is 4. The van der Waals surface area contributed by atoms with Gasteiger partial charge in [-0.3, -0.25) is 14.6 Å². The zero-order valence-corrected chi connectivity index (χ0v) is 13.5. The van der Waals surface area contributed by atoms with Gasteiger partial charge in [0.15, 0.2) is 11.2 Å². The van der Waals surface area contributed by atoms with Gasteiger partial charge in [-0.2, -0.15) is 0 Å². The maximum atomic E-state index is 12.3. The monoisotopic (exact) mass is 347 g/mol. The molecule has 0 aliphatic rings. The summed E-state index contributed by atoms with van der Waals surface area (Å²) in [7, 11) is 0. The van der Waals surface area contributed by atoms with Crippen LogP contribution in [0.5, 0.6) is 0 Å². The molecule has 0 fully saturated rings. The van der Waals surface area contributed by atoms with E-state index in [2.05, 4.69) is 20.6 Å². The maximum Gasteiger partial charge on any atom is 0.287 e. The molecule has 1 N–H and O–H groups in total. The van der Waals surface area contributed by atoms with Gasteiger partial charge < -0.3 is 9.73 Å². The summed E-state index contributed by atoms with van der Waals surface area (Å²) in [6.07, 6.45) is 5.01. The summed E-state index contributed by atoms with van der Waals surface area (Å²) in [5.74, 6) is -0.544. The number of carbonyl (C=O) groups excluding carboxylic acids is 1. The first-order valence-electron chi connectivity index (χ1n) is 7.83. The van der Waals surface area contributed by atoms with Crippen molar-refractivity contribution >= 4 is 16.9 Å². The largest absolute Gasteiger partial charge is 0.451 e. The van der Waals surface area contributed by atoms with Gasteiger partial charge in [-0.15, -0.1) is 5.10 Å². The standard InChI is InChI=1S/C18H13N5O3/c24-15-8-17(26-16-6-2-1-5-14(15)16)18(25)20-9-12-11-23(22-21-12)13-4-3-7-19-10-13/h1-8,10-11H,9H2,(H,20,25). The van der Waals surface area contributed by atoms with Crippen molar-refractivity contribution in [2.45, 2.75) is 6.54 Å². The van der Waals surface area contributed by atoms with Crippen LogP contribution in [0.15, 0.2) is 70.3 Å². The van der Waals surface area contributed by atoms with Crippen molar-refractivity contribution in [3.8, 4) is 5.69 Å². The Morgan fingerprint density at radius 2 is 2.08 bits per heavy atom. The first kappa shape index (κ1) is 15.7. The second-order valence-corrected chi connectivity index (χ2v) is 5.52. The lowest BCUT2D eigenvalue weighted by Gasteiger charge is -2.03. The molecule has 0 aliphatic carbocycles. The summed E-state index contributed by atoms with van der Waals surface area (Å²) in [5, 5.41) is 11.1. The van der Waals surface area contributed by atoms with E-state index in [0.717, 1.165) is 5.69 Å². The maximum absolute atomic E-state index is 12.3. The SMILES string of the molecule is O=C(NCc1cn(-c2cccnc2)nn1)c1cc(=O)c2ccccc2o1. The van der Waals surface area contributed by atoms with Crippen molar-refractivity contribution in [1.82, 2.24) is 25.3 Å². The Kier molecular flexibility index (Phi) is 3.98. The minimum Gasteiger partial charge on any atom is -0.451 e. The van der Waals surface area contributed by atoms with Crippen LogP contribution in [0, 0.1) is 0 Å². The van der Waals surface area contributed by atoms with Crippen LogP contribution in [0.3, 0.4) is 0 Å². The Morgan fingerprint density at radius 3 is 2.92 bits per heavy atom. The molecule has 0 atom stereocenters. The van der Waals surface area contributed by atoms with Crippen molar-refractivity contribution in [2.75, 3.05) is 0 Å². The first-order chi connectivity index (χ1) is 12.7. The Hall–Kier alpha value is -3.81. The van der Waals surface area contributed by atoms with E-state index in [0.29, 0.717) is 16.7 Å². The molecule has 0 radical (unpaired) electrons. The van der Waals surface area contributed by atoms with Crippen molar-refractivity contribution < 1.29 is 9.21 Å². The Morgan fingerprint density at radius 1 is 1.19 bits per heavy atom. The second-order valence-electron chi connectivity index (χ2n) is 5.52. The third-order valence-electron chi connectivity index (χ3n) is 3.74. The molecule has 8 nitrogen and oxygen atoms in total. The minimum atomic E-state index is -0.496. The van der Waals surface area contributed by atoms with Gasteiger partial charge in [0.1, 0.15) is 11.3 Å². The topological polar surface area (TPSA) is 103 Å².